The maximum Gasteiger partial charge on any atom is 0.422 e. The van der Waals surface area contributed by atoms with Gasteiger partial charge in [-0.25, -0.2) is 4.79 Å². The molecule has 1 heterocycles. The number of hydrogen-bond donors (Lipinski definition) is 2. The zero-order valence-corrected chi connectivity index (χ0v) is 13.1. The summed E-state index contributed by atoms with van der Waals surface area (Å²) in [5, 5.41) is 5.17. The van der Waals surface area contributed by atoms with E-state index in [9.17, 15) is 18.0 Å². The van der Waals surface area contributed by atoms with Crippen molar-refractivity contribution in [2.75, 3.05) is 51.3 Å². The van der Waals surface area contributed by atoms with Gasteiger partial charge in [0.05, 0.1) is 18.9 Å². The van der Waals surface area contributed by atoms with Gasteiger partial charge in [-0.05, 0) is 12.1 Å². The number of alkyl halides is 3. The molecule has 0 aliphatic carbocycles. The number of benzene rings is 1. The molecule has 2 amide bonds. The average Bonchev–Trinajstić information content (AvgIpc) is 2.54. The molecule has 2 rings (SSSR count). The van der Waals surface area contributed by atoms with Crippen LogP contribution in [0.25, 0.3) is 0 Å². The molecule has 134 valence electrons. The Hall–Kier alpha value is -2.00. The first-order valence-electron chi connectivity index (χ1n) is 7.57. The number of urea groups is 1. The Labute approximate surface area is 137 Å². The molecule has 0 unspecified atom stereocenters. The summed E-state index contributed by atoms with van der Waals surface area (Å²) in [6.07, 6.45) is -4.44. The predicted molar refractivity (Wildman–Crippen MR) is 82.3 cm³/mol. The number of nitrogens with one attached hydrogen (secondary N) is 2. The minimum Gasteiger partial charge on any atom is -0.482 e. The summed E-state index contributed by atoms with van der Waals surface area (Å²) in [7, 11) is 0. The Morgan fingerprint density at radius 3 is 2.67 bits per heavy atom. The molecule has 6 nitrogen and oxygen atoms in total. The third-order valence-electron chi connectivity index (χ3n) is 3.34. The van der Waals surface area contributed by atoms with Crippen LogP contribution < -0.4 is 15.4 Å². The van der Waals surface area contributed by atoms with E-state index >= 15 is 0 Å². The lowest BCUT2D eigenvalue weighted by molar-refractivity contribution is -0.153. The molecule has 1 fully saturated rings. The summed E-state index contributed by atoms with van der Waals surface area (Å²) in [4.78, 5) is 14.0. The summed E-state index contributed by atoms with van der Waals surface area (Å²) >= 11 is 0. The molecule has 1 saturated heterocycles. The van der Waals surface area contributed by atoms with Gasteiger partial charge in [0, 0.05) is 26.2 Å². The number of anilines is 1. The maximum atomic E-state index is 12.2. The first-order valence-corrected chi connectivity index (χ1v) is 7.57. The number of morpholine rings is 1. The van der Waals surface area contributed by atoms with Crippen LogP contribution in [0.1, 0.15) is 0 Å². The monoisotopic (exact) mass is 347 g/mol. The first kappa shape index (κ1) is 18.3. The van der Waals surface area contributed by atoms with Crippen molar-refractivity contribution in [1.82, 2.24) is 10.2 Å². The van der Waals surface area contributed by atoms with Crippen molar-refractivity contribution in [3.05, 3.63) is 24.3 Å². The minimum atomic E-state index is -4.44. The molecular formula is C15H20F3N3O3. The van der Waals surface area contributed by atoms with Crippen molar-refractivity contribution >= 4 is 11.7 Å². The molecular weight excluding hydrogens is 327 g/mol. The van der Waals surface area contributed by atoms with Crippen LogP contribution in [0.5, 0.6) is 5.75 Å². The Bertz CT molecular complexity index is 534. The number of amides is 2. The zero-order valence-electron chi connectivity index (χ0n) is 13.1. The predicted octanol–water partition coefficient (Wildman–Crippen LogP) is 2.08. The molecule has 1 aromatic rings. The fraction of sp³-hybridized carbons (Fsp3) is 0.533. The Kier molecular flexibility index (Phi) is 6.68. The normalized spacial score (nSPS) is 15.8. The lowest BCUT2D eigenvalue weighted by Crippen LogP contribution is -2.42. The number of para-hydroxylation sites is 2. The minimum absolute atomic E-state index is 0.0295. The van der Waals surface area contributed by atoms with Gasteiger partial charge in [0.2, 0.25) is 0 Å². The van der Waals surface area contributed by atoms with Crippen LogP contribution in [0.15, 0.2) is 24.3 Å². The Morgan fingerprint density at radius 2 is 1.96 bits per heavy atom. The SMILES string of the molecule is O=C(NCCN1CCOCC1)Nc1ccccc1OCC(F)(F)F. The van der Waals surface area contributed by atoms with Crippen LogP contribution in [-0.2, 0) is 4.74 Å². The lowest BCUT2D eigenvalue weighted by Gasteiger charge is -2.26. The zero-order chi connectivity index (χ0) is 17.4. The van der Waals surface area contributed by atoms with E-state index in [-0.39, 0.29) is 11.4 Å². The van der Waals surface area contributed by atoms with Gasteiger partial charge in [0.1, 0.15) is 5.75 Å². The molecule has 0 atom stereocenters. The summed E-state index contributed by atoms with van der Waals surface area (Å²) in [6.45, 7) is 2.69. The Balaban J connectivity index is 1.78. The van der Waals surface area contributed by atoms with Gasteiger partial charge in [0.25, 0.3) is 0 Å². The fourth-order valence-electron chi connectivity index (χ4n) is 2.17. The molecule has 0 bridgehead atoms. The molecule has 9 heteroatoms. The fourth-order valence-corrected chi connectivity index (χ4v) is 2.17. The summed E-state index contributed by atoms with van der Waals surface area (Å²) in [5.74, 6) is -0.0295. The van der Waals surface area contributed by atoms with Crippen molar-refractivity contribution in [1.29, 1.82) is 0 Å². The number of hydrogen-bond acceptors (Lipinski definition) is 4. The smallest absolute Gasteiger partial charge is 0.422 e. The van der Waals surface area contributed by atoms with Gasteiger partial charge in [-0.15, -0.1) is 0 Å². The average molecular weight is 347 g/mol. The van der Waals surface area contributed by atoms with E-state index in [2.05, 4.69) is 15.5 Å². The second-order valence-corrected chi connectivity index (χ2v) is 5.23. The quantitative estimate of drug-likeness (QED) is 0.827. The van der Waals surface area contributed by atoms with E-state index in [1.54, 1.807) is 6.07 Å². The van der Waals surface area contributed by atoms with Gasteiger partial charge in [-0.1, -0.05) is 12.1 Å². The van der Waals surface area contributed by atoms with Crippen LogP contribution in [-0.4, -0.2) is 63.1 Å². The highest BCUT2D eigenvalue weighted by molar-refractivity contribution is 5.90. The van der Waals surface area contributed by atoms with Gasteiger partial charge in [-0.2, -0.15) is 13.2 Å². The molecule has 2 N–H and O–H groups in total. The van der Waals surface area contributed by atoms with E-state index in [4.69, 9.17) is 9.47 Å². The highest BCUT2D eigenvalue weighted by atomic mass is 19.4. The van der Waals surface area contributed by atoms with Crippen molar-refractivity contribution in [3.8, 4) is 5.75 Å². The number of nitrogens with zero attached hydrogens (tertiary/aromatic N) is 1. The number of carbonyl (C=O) groups excluding carboxylic acids is 1. The van der Waals surface area contributed by atoms with Gasteiger partial charge in [0.15, 0.2) is 6.61 Å². The number of ether oxygens (including phenoxy) is 2. The van der Waals surface area contributed by atoms with Gasteiger partial charge < -0.3 is 20.1 Å². The van der Waals surface area contributed by atoms with Crippen molar-refractivity contribution < 1.29 is 27.4 Å². The van der Waals surface area contributed by atoms with Crippen LogP contribution in [0.4, 0.5) is 23.7 Å². The molecule has 0 saturated carbocycles. The van der Waals surface area contributed by atoms with Gasteiger partial charge in [-0.3, -0.25) is 4.90 Å². The molecule has 1 aliphatic rings. The number of halogens is 3. The standard InChI is InChI=1S/C15H20F3N3O3/c16-15(17,18)11-24-13-4-2-1-3-12(13)20-14(22)19-5-6-21-7-9-23-10-8-21/h1-4H,5-11H2,(H2,19,20,22). The molecule has 0 spiro atoms. The number of rotatable bonds is 6. The van der Waals surface area contributed by atoms with E-state index in [0.717, 1.165) is 13.1 Å². The van der Waals surface area contributed by atoms with Crippen LogP contribution in [0.2, 0.25) is 0 Å². The molecule has 0 radical (unpaired) electrons. The highest BCUT2D eigenvalue weighted by Gasteiger charge is 2.28. The third kappa shape index (κ3) is 6.63. The highest BCUT2D eigenvalue weighted by Crippen LogP contribution is 2.26. The molecule has 0 aromatic heterocycles. The number of carbonyl (C=O) groups is 1. The summed E-state index contributed by atoms with van der Waals surface area (Å²) in [5.41, 5.74) is 0.186. The van der Waals surface area contributed by atoms with Crippen molar-refractivity contribution in [3.63, 3.8) is 0 Å². The molecule has 1 aromatic carbocycles. The van der Waals surface area contributed by atoms with E-state index < -0.39 is 18.8 Å². The second kappa shape index (κ2) is 8.74. The van der Waals surface area contributed by atoms with Crippen LogP contribution in [0, 0.1) is 0 Å². The maximum absolute atomic E-state index is 12.2. The van der Waals surface area contributed by atoms with Crippen molar-refractivity contribution in [2.24, 2.45) is 0 Å². The van der Waals surface area contributed by atoms with E-state index in [0.29, 0.717) is 26.3 Å². The summed E-state index contributed by atoms with van der Waals surface area (Å²) in [6, 6.07) is 5.49. The van der Waals surface area contributed by atoms with Crippen molar-refractivity contribution in [2.45, 2.75) is 6.18 Å². The Morgan fingerprint density at radius 1 is 1.25 bits per heavy atom. The van der Waals surface area contributed by atoms with Crippen LogP contribution in [0.3, 0.4) is 0 Å². The van der Waals surface area contributed by atoms with E-state index in [1.165, 1.54) is 18.2 Å². The first-order chi connectivity index (χ1) is 11.4. The molecule has 24 heavy (non-hydrogen) atoms. The van der Waals surface area contributed by atoms with E-state index in [1.807, 2.05) is 0 Å². The second-order valence-electron chi connectivity index (χ2n) is 5.23. The molecule has 1 aliphatic heterocycles. The largest absolute Gasteiger partial charge is 0.482 e. The topological polar surface area (TPSA) is 62.8 Å². The summed E-state index contributed by atoms with van der Waals surface area (Å²) < 4.78 is 46.7. The lowest BCUT2D eigenvalue weighted by atomic mass is 10.3. The van der Waals surface area contributed by atoms with Gasteiger partial charge >= 0.3 is 12.2 Å². The van der Waals surface area contributed by atoms with Crippen LogP contribution >= 0.6 is 0 Å². The third-order valence-corrected chi connectivity index (χ3v) is 3.34.